The quantitative estimate of drug-likeness (QED) is 0.744. The fraction of sp³-hybridized carbons (Fsp3) is 0.238. The maximum atomic E-state index is 12.5. The van der Waals surface area contributed by atoms with Gasteiger partial charge in [-0.1, -0.05) is 43.3 Å². The van der Waals surface area contributed by atoms with E-state index in [1.807, 2.05) is 25.1 Å². The van der Waals surface area contributed by atoms with E-state index in [0.717, 1.165) is 16.9 Å². The van der Waals surface area contributed by atoms with Crippen LogP contribution in [0.4, 0.5) is 5.69 Å². The summed E-state index contributed by atoms with van der Waals surface area (Å²) in [7, 11) is 0. The molecule has 1 aliphatic heterocycles. The Labute approximate surface area is 162 Å². The highest BCUT2D eigenvalue weighted by molar-refractivity contribution is 6.11. The van der Waals surface area contributed by atoms with Gasteiger partial charge in [-0.05, 0) is 29.7 Å². The van der Waals surface area contributed by atoms with Gasteiger partial charge in [0.1, 0.15) is 6.54 Å². The number of carbonyl (C=O) groups excluding carboxylic acids is 4. The fourth-order valence-corrected chi connectivity index (χ4v) is 3.08. The van der Waals surface area contributed by atoms with Gasteiger partial charge in [0.25, 0.3) is 5.91 Å². The van der Waals surface area contributed by atoms with Gasteiger partial charge in [-0.3, -0.25) is 24.1 Å². The van der Waals surface area contributed by atoms with Crippen LogP contribution in [0.5, 0.6) is 0 Å². The molecule has 1 aliphatic rings. The number of hydrogen-bond donors (Lipinski definition) is 2. The Kier molecular flexibility index (Phi) is 5.84. The Morgan fingerprint density at radius 2 is 1.71 bits per heavy atom. The summed E-state index contributed by atoms with van der Waals surface area (Å²) in [6.45, 7) is 1.33. The number of aryl methyl sites for hydroxylation is 1. The molecule has 2 N–H and O–H groups in total. The fourth-order valence-electron chi connectivity index (χ4n) is 3.08. The van der Waals surface area contributed by atoms with Gasteiger partial charge < -0.3 is 10.6 Å². The van der Waals surface area contributed by atoms with Crippen LogP contribution in [0.15, 0.2) is 48.5 Å². The maximum absolute atomic E-state index is 12.5. The van der Waals surface area contributed by atoms with E-state index >= 15 is 0 Å². The average Bonchev–Trinajstić information content (AvgIpc) is 2.70. The molecule has 7 heteroatoms. The van der Waals surface area contributed by atoms with Crippen LogP contribution in [0.25, 0.3) is 0 Å². The summed E-state index contributed by atoms with van der Waals surface area (Å²) in [5.74, 6) is -1.88. The molecule has 0 bridgehead atoms. The second-order valence-corrected chi connectivity index (χ2v) is 6.45. The molecule has 0 atom stereocenters. The van der Waals surface area contributed by atoms with Crippen molar-refractivity contribution in [3.63, 3.8) is 0 Å². The molecular formula is C21H21N3O4. The van der Waals surface area contributed by atoms with Crippen LogP contribution < -0.4 is 10.6 Å². The molecule has 0 saturated carbocycles. The molecule has 0 unspecified atom stereocenters. The second kappa shape index (κ2) is 8.47. The first-order valence-electron chi connectivity index (χ1n) is 9.06. The first kappa shape index (κ1) is 19.3. The predicted octanol–water partition coefficient (Wildman–Crippen LogP) is 1.53. The standard InChI is InChI=1S/C21H21N3O4/c1-2-14-7-4-6-10-17(14)23-18(25)12-22-19(26)13-24-20(27)11-15-8-3-5-9-16(15)21(24)28/h3-10H,2,11-13H2,1H3,(H,22,26)(H,23,25). The summed E-state index contributed by atoms with van der Waals surface area (Å²) >= 11 is 0. The smallest absolute Gasteiger partial charge is 0.261 e. The normalized spacial score (nSPS) is 13.1. The molecule has 0 radical (unpaired) electrons. The van der Waals surface area contributed by atoms with Crippen molar-refractivity contribution in [1.82, 2.24) is 10.2 Å². The number of hydrogen-bond acceptors (Lipinski definition) is 4. The molecule has 0 saturated heterocycles. The van der Waals surface area contributed by atoms with Gasteiger partial charge in [-0.25, -0.2) is 0 Å². The van der Waals surface area contributed by atoms with E-state index in [1.54, 1.807) is 30.3 Å². The van der Waals surface area contributed by atoms with Crippen molar-refractivity contribution >= 4 is 29.3 Å². The third-order valence-electron chi connectivity index (χ3n) is 4.56. The van der Waals surface area contributed by atoms with E-state index in [-0.39, 0.29) is 18.9 Å². The number of imide groups is 1. The van der Waals surface area contributed by atoms with Gasteiger partial charge >= 0.3 is 0 Å². The molecule has 0 aromatic heterocycles. The van der Waals surface area contributed by atoms with Crippen molar-refractivity contribution in [2.45, 2.75) is 19.8 Å². The molecule has 2 aromatic carbocycles. The minimum atomic E-state index is -0.569. The highest BCUT2D eigenvalue weighted by atomic mass is 16.2. The minimum absolute atomic E-state index is 0.0729. The topological polar surface area (TPSA) is 95.6 Å². The van der Waals surface area contributed by atoms with Gasteiger partial charge in [-0.15, -0.1) is 0 Å². The summed E-state index contributed by atoms with van der Waals surface area (Å²) in [6.07, 6.45) is 0.840. The van der Waals surface area contributed by atoms with Crippen molar-refractivity contribution in [1.29, 1.82) is 0 Å². The zero-order chi connectivity index (χ0) is 20.1. The zero-order valence-electron chi connectivity index (χ0n) is 15.5. The first-order valence-corrected chi connectivity index (χ1v) is 9.06. The minimum Gasteiger partial charge on any atom is -0.345 e. The summed E-state index contributed by atoms with van der Waals surface area (Å²) in [4.78, 5) is 49.8. The van der Waals surface area contributed by atoms with E-state index in [0.29, 0.717) is 16.8 Å². The van der Waals surface area contributed by atoms with Crippen LogP contribution in [0.2, 0.25) is 0 Å². The summed E-state index contributed by atoms with van der Waals surface area (Å²) in [5.41, 5.74) is 2.76. The third-order valence-corrected chi connectivity index (χ3v) is 4.56. The highest BCUT2D eigenvalue weighted by Crippen LogP contribution is 2.19. The summed E-state index contributed by atoms with van der Waals surface area (Å²) < 4.78 is 0. The molecule has 2 aromatic rings. The van der Waals surface area contributed by atoms with Crippen molar-refractivity contribution in [3.8, 4) is 0 Å². The molecule has 0 spiro atoms. The molecule has 1 heterocycles. The SMILES string of the molecule is CCc1ccccc1NC(=O)CNC(=O)CN1C(=O)Cc2ccccc2C1=O. The number of carbonyl (C=O) groups is 4. The average molecular weight is 379 g/mol. The number of benzene rings is 2. The van der Waals surface area contributed by atoms with Gasteiger partial charge in [0.05, 0.1) is 13.0 Å². The Morgan fingerprint density at radius 3 is 2.50 bits per heavy atom. The largest absolute Gasteiger partial charge is 0.345 e. The Hall–Kier alpha value is -3.48. The number of anilines is 1. The molecule has 144 valence electrons. The Balaban J connectivity index is 1.55. The summed E-state index contributed by atoms with van der Waals surface area (Å²) in [5, 5.41) is 5.21. The van der Waals surface area contributed by atoms with E-state index in [4.69, 9.17) is 0 Å². The molecule has 4 amide bonds. The lowest BCUT2D eigenvalue weighted by Gasteiger charge is -2.26. The molecule has 0 aliphatic carbocycles. The Bertz CT molecular complexity index is 939. The number of fused-ring (bicyclic) bond motifs is 1. The molecule has 28 heavy (non-hydrogen) atoms. The lowest BCUT2D eigenvalue weighted by atomic mass is 9.98. The van der Waals surface area contributed by atoms with Gasteiger partial charge in [0, 0.05) is 11.3 Å². The number of nitrogens with one attached hydrogen (secondary N) is 2. The van der Waals surface area contributed by atoms with E-state index < -0.39 is 24.3 Å². The maximum Gasteiger partial charge on any atom is 0.261 e. The second-order valence-electron chi connectivity index (χ2n) is 6.45. The van der Waals surface area contributed by atoms with E-state index in [2.05, 4.69) is 10.6 Å². The Morgan fingerprint density at radius 1 is 1.00 bits per heavy atom. The number of nitrogens with zero attached hydrogens (tertiary/aromatic N) is 1. The highest BCUT2D eigenvalue weighted by Gasteiger charge is 2.31. The van der Waals surface area contributed by atoms with Crippen LogP contribution >= 0.6 is 0 Å². The van der Waals surface area contributed by atoms with Gasteiger partial charge in [0.2, 0.25) is 17.7 Å². The lowest BCUT2D eigenvalue weighted by Crippen LogP contribution is -2.48. The van der Waals surface area contributed by atoms with Crippen molar-refractivity contribution in [2.75, 3.05) is 18.4 Å². The van der Waals surface area contributed by atoms with Crippen molar-refractivity contribution in [2.24, 2.45) is 0 Å². The van der Waals surface area contributed by atoms with Gasteiger partial charge in [-0.2, -0.15) is 0 Å². The first-order chi connectivity index (χ1) is 13.5. The number of para-hydroxylation sites is 1. The monoisotopic (exact) mass is 379 g/mol. The van der Waals surface area contributed by atoms with Gasteiger partial charge in [0.15, 0.2) is 0 Å². The van der Waals surface area contributed by atoms with E-state index in [1.165, 1.54) is 0 Å². The molecular weight excluding hydrogens is 358 g/mol. The van der Waals surface area contributed by atoms with Crippen LogP contribution in [0.3, 0.4) is 0 Å². The van der Waals surface area contributed by atoms with Crippen LogP contribution in [0.1, 0.15) is 28.4 Å². The lowest BCUT2D eigenvalue weighted by molar-refractivity contribution is -0.133. The molecule has 0 fully saturated rings. The number of rotatable bonds is 6. The van der Waals surface area contributed by atoms with Crippen molar-refractivity contribution in [3.05, 3.63) is 65.2 Å². The van der Waals surface area contributed by atoms with Crippen LogP contribution in [-0.2, 0) is 27.2 Å². The van der Waals surface area contributed by atoms with Crippen molar-refractivity contribution < 1.29 is 19.2 Å². The van der Waals surface area contributed by atoms with E-state index in [9.17, 15) is 19.2 Å². The summed E-state index contributed by atoms with van der Waals surface area (Å²) in [6, 6.07) is 14.2. The zero-order valence-corrected chi connectivity index (χ0v) is 15.5. The molecule has 3 rings (SSSR count). The predicted molar refractivity (Wildman–Crippen MR) is 104 cm³/mol. The van der Waals surface area contributed by atoms with Crippen LogP contribution in [0, 0.1) is 0 Å². The third kappa shape index (κ3) is 4.25. The number of amides is 4. The van der Waals surface area contributed by atoms with Crippen LogP contribution in [-0.4, -0.2) is 41.6 Å². The molecule has 7 nitrogen and oxygen atoms in total.